The largest absolute Gasteiger partial charge is 0.361 e. The minimum absolute atomic E-state index is 0.821. The van der Waals surface area contributed by atoms with Crippen LogP contribution in [0.5, 0.6) is 0 Å². The highest BCUT2D eigenvalue weighted by Crippen LogP contribution is 2.23. The van der Waals surface area contributed by atoms with Crippen molar-refractivity contribution in [3.63, 3.8) is 0 Å². The fourth-order valence-corrected chi connectivity index (χ4v) is 2.66. The SMILES string of the molecule is CCc1cccc2ccn(Cc3c(C)noc3C)c12. The van der Waals surface area contributed by atoms with Gasteiger partial charge >= 0.3 is 0 Å². The summed E-state index contributed by atoms with van der Waals surface area (Å²) in [6.07, 6.45) is 3.19. The molecule has 3 aromatic rings. The Morgan fingerprint density at radius 2 is 2.05 bits per heavy atom. The monoisotopic (exact) mass is 254 g/mol. The van der Waals surface area contributed by atoms with Gasteiger partial charge < -0.3 is 9.09 Å². The van der Waals surface area contributed by atoms with Crippen molar-refractivity contribution >= 4 is 10.9 Å². The van der Waals surface area contributed by atoms with Crippen molar-refractivity contribution in [3.8, 4) is 0 Å². The van der Waals surface area contributed by atoms with Crippen LogP contribution in [-0.4, -0.2) is 9.72 Å². The molecule has 0 atom stereocenters. The van der Waals surface area contributed by atoms with Gasteiger partial charge in [0.15, 0.2) is 0 Å². The Labute approximate surface area is 112 Å². The van der Waals surface area contributed by atoms with Gasteiger partial charge in [0.25, 0.3) is 0 Å². The molecule has 2 aromatic heterocycles. The van der Waals surface area contributed by atoms with Crippen LogP contribution in [0.15, 0.2) is 35.0 Å². The molecule has 0 bridgehead atoms. The molecule has 1 aromatic carbocycles. The summed E-state index contributed by atoms with van der Waals surface area (Å²) in [4.78, 5) is 0. The molecule has 0 spiro atoms. The van der Waals surface area contributed by atoms with Crippen LogP contribution in [0.4, 0.5) is 0 Å². The summed E-state index contributed by atoms with van der Waals surface area (Å²) in [5, 5.41) is 5.33. The molecule has 0 saturated carbocycles. The zero-order valence-electron chi connectivity index (χ0n) is 11.6. The summed E-state index contributed by atoms with van der Waals surface area (Å²) in [5.41, 5.74) is 4.87. The quantitative estimate of drug-likeness (QED) is 0.710. The van der Waals surface area contributed by atoms with Gasteiger partial charge in [0, 0.05) is 11.8 Å². The Hall–Kier alpha value is -2.03. The second-order valence-electron chi connectivity index (χ2n) is 4.95. The van der Waals surface area contributed by atoms with Gasteiger partial charge in [0.1, 0.15) is 5.76 Å². The molecule has 98 valence electrons. The highest BCUT2D eigenvalue weighted by atomic mass is 16.5. The molecule has 0 N–H and O–H groups in total. The summed E-state index contributed by atoms with van der Waals surface area (Å²) in [6.45, 7) is 6.99. The fraction of sp³-hybridized carbons (Fsp3) is 0.312. The van der Waals surface area contributed by atoms with E-state index in [2.05, 4.69) is 47.1 Å². The number of rotatable bonds is 3. The average Bonchev–Trinajstić information content (AvgIpc) is 2.97. The minimum atomic E-state index is 0.821. The third kappa shape index (κ3) is 1.95. The summed E-state index contributed by atoms with van der Waals surface area (Å²) >= 11 is 0. The lowest BCUT2D eigenvalue weighted by atomic mass is 10.1. The molecule has 19 heavy (non-hydrogen) atoms. The minimum Gasteiger partial charge on any atom is -0.361 e. The van der Waals surface area contributed by atoms with Crippen LogP contribution in [0.2, 0.25) is 0 Å². The molecule has 3 heteroatoms. The highest BCUT2D eigenvalue weighted by Gasteiger charge is 2.12. The second kappa shape index (κ2) is 4.57. The van der Waals surface area contributed by atoms with E-state index in [4.69, 9.17) is 4.52 Å². The number of fused-ring (bicyclic) bond motifs is 1. The lowest BCUT2D eigenvalue weighted by Crippen LogP contribution is -2.01. The Morgan fingerprint density at radius 1 is 1.21 bits per heavy atom. The number of nitrogens with zero attached hydrogens (tertiary/aromatic N) is 2. The van der Waals surface area contributed by atoms with Gasteiger partial charge in [-0.1, -0.05) is 30.3 Å². The Balaban J connectivity index is 2.11. The average molecular weight is 254 g/mol. The zero-order chi connectivity index (χ0) is 13.4. The summed E-state index contributed by atoms with van der Waals surface area (Å²) < 4.78 is 7.54. The molecule has 3 rings (SSSR count). The van der Waals surface area contributed by atoms with E-state index in [1.807, 2.05) is 13.8 Å². The summed E-state index contributed by atoms with van der Waals surface area (Å²) in [6, 6.07) is 8.67. The number of aromatic nitrogens is 2. The third-order valence-electron chi connectivity index (χ3n) is 3.76. The third-order valence-corrected chi connectivity index (χ3v) is 3.76. The maximum Gasteiger partial charge on any atom is 0.138 e. The van der Waals surface area contributed by atoms with Crippen LogP contribution in [-0.2, 0) is 13.0 Å². The van der Waals surface area contributed by atoms with Gasteiger partial charge in [0.2, 0.25) is 0 Å². The van der Waals surface area contributed by atoms with E-state index in [1.165, 1.54) is 22.0 Å². The molecule has 0 aliphatic heterocycles. The van der Waals surface area contributed by atoms with Crippen molar-refractivity contribution in [3.05, 3.63) is 53.0 Å². The van der Waals surface area contributed by atoms with Gasteiger partial charge in [0.05, 0.1) is 17.8 Å². The van der Waals surface area contributed by atoms with Gasteiger partial charge in [-0.25, -0.2) is 0 Å². The molecule has 0 aliphatic carbocycles. The molecule has 2 heterocycles. The first-order valence-corrected chi connectivity index (χ1v) is 6.69. The van der Waals surface area contributed by atoms with E-state index in [9.17, 15) is 0 Å². The van der Waals surface area contributed by atoms with Crippen LogP contribution < -0.4 is 0 Å². The Morgan fingerprint density at radius 3 is 2.74 bits per heavy atom. The normalized spacial score (nSPS) is 11.3. The van der Waals surface area contributed by atoms with Crippen molar-refractivity contribution in [2.45, 2.75) is 33.7 Å². The standard InChI is InChI=1S/C16H18N2O/c1-4-13-6-5-7-14-8-9-18(16(13)14)10-15-11(2)17-19-12(15)3/h5-9H,4,10H2,1-3H3. The van der Waals surface area contributed by atoms with Gasteiger partial charge in [-0.05, 0) is 37.3 Å². The number of aryl methyl sites for hydroxylation is 3. The maximum absolute atomic E-state index is 5.25. The summed E-state index contributed by atoms with van der Waals surface area (Å²) in [5.74, 6) is 0.910. The number of para-hydroxylation sites is 1. The topological polar surface area (TPSA) is 31.0 Å². The van der Waals surface area contributed by atoms with Crippen LogP contribution in [0.3, 0.4) is 0 Å². The van der Waals surface area contributed by atoms with Crippen LogP contribution >= 0.6 is 0 Å². The van der Waals surface area contributed by atoms with Crippen molar-refractivity contribution in [1.29, 1.82) is 0 Å². The molecule has 0 aliphatic rings. The lowest BCUT2D eigenvalue weighted by Gasteiger charge is -2.08. The van der Waals surface area contributed by atoms with E-state index < -0.39 is 0 Å². The van der Waals surface area contributed by atoms with Crippen LogP contribution in [0.1, 0.15) is 29.5 Å². The van der Waals surface area contributed by atoms with E-state index in [0.29, 0.717) is 0 Å². The molecule has 0 unspecified atom stereocenters. The van der Waals surface area contributed by atoms with Crippen LogP contribution in [0, 0.1) is 13.8 Å². The predicted molar refractivity (Wildman–Crippen MR) is 76.4 cm³/mol. The molecule has 0 fully saturated rings. The van der Waals surface area contributed by atoms with Gasteiger partial charge in [-0.2, -0.15) is 0 Å². The predicted octanol–water partition coefficient (Wildman–Crippen LogP) is 3.86. The lowest BCUT2D eigenvalue weighted by molar-refractivity contribution is 0.392. The van der Waals surface area contributed by atoms with Crippen molar-refractivity contribution in [1.82, 2.24) is 9.72 Å². The number of hydrogen-bond donors (Lipinski definition) is 0. The number of benzene rings is 1. The van der Waals surface area contributed by atoms with Gasteiger partial charge in [-0.15, -0.1) is 0 Å². The second-order valence-corrected chi connectivity index (χ2v) is 4.95. The first kappa shape index (κ1) is 12.0. The first-order chi connectivity index (χ1) is 9.20. The first-order valence-electron chi connectivity index (χ1n) is 6.69. The van der Waals surface area contributed by atoms with E-state index in [1.54, 1.807) is 0 Å². The molecule has 0 radical (unpaired) electrons. The van der Waals surface area contributed by atoms with E-state index in [0.717, 1.165) is 24.4 Å². The van der Waals surface area contributed by atoms with E-state index in [-0.39, 0.29) is 0 Å². The molecule has 0 saturated heterocycles. The molecular formula is C16H18N2O. The zero-order valence-corrected chi connectivity index (χ0v) is 11.6. The van der Waals surface area contributed by atoms with Crippen LogP contribution in [0.25, 0.3) is 10.9 Å². The maximum atomic E-state index is 5.25. The highest BCUT2D eigenvalue weighted by molar-refractivity contribution is 5.83. The molecule has 0 amide bonds. The summed E-state index contributed by atoms with van der Waals surface area (Å²) in [7, 11) is 0. The molecular weight excluding hydrogens is 236 g/mol. The van der Waals surface area contributed by atoms with Crippen molar-refractivity contribution < 1.29 is 4.52 Å². The van der Waals surface area contributed by atoms with Crippen molar-refractivity contribution in [2.24, 2.45) is 0 Å². The van der Waals surface area contributed by atoms with E-state index >= 15 is 0 Å². The number of hydrogen-bond acceptors (Lipinski definition) is 2. The van der Waals surface area contributed by atoms with Crippen molar-refractivity contribution in [2.75, 3.05) is 0 Å². The Bertz CT molecular complexity index is 702. The Kier molecular flexibility index (Phi) is 2.90. The smallest absolute Gasteiger partial charge is 0.138 e. The fourth-order valence-electron chi connectivity index (χ4n) is 2.66. The molecule has 3 nitrogen and oxygen atoms in total. The van der Waals surface area contributed by atoms with Gasteiger partial charge in [-0.3, -0.25) is 0 Å².